The molecule has 1 amide bonds. The molecule has 1 atom stereocenters. The summed E-state index contributed by atoms with van der Waals surface area (Å²) in [7, 11) is 4.18. The fourth-order valence-electron chi connectivity index (χ4n) is 3.14. The van der Waals surface area contributed by atoms with Crippen molar-refractivity contribution in [3.8, 4) is 0 Å². The predicted octanol–water partition coefficient (Wildman–Crippen LogP) is 2.88. The summed E-state index contributed by atoms with van der Waals surface area (Å²) in [6.07, 6.45) is 0. The Kier molecular flexibility index (Phi) is 6.54. The molecule has 0 aliphatic heterocycles. The number of halogens is 1. The molecule has 1 aromatic carbocycles. The smallest absolute Gasteiger partial charge is 0.256 e. The van der Waals surface area contributed by atoms with Crippen LogP contribution >= 0.6 is 22.9 Å². The molecule has 0 bridgehead atoms. The third-order valence-electron chi connectivity index (χ3n) is 4.80. The molecule has 0 aliphatic carbocycles. The maximum absolute atomic E-state index is 12.8. The molecule has 7 heteroatoms. The van der Waals surface area contributed by atoms with Gasteiger partial charge in [-0.05, 0) is 30.9 Å². The van der Waals surface area contributed by atoms with E-state index in [1.54, 1.807) is 16.0 Å². The maximum Gasteiger partial charge on any atom is 0.256 e. The summed E-state index contributed by atoms with van der Waals surface area (Å²) in [6, 6.07) is 12.6. The van der Waals surface area contributed by atoms with Gasteiger partial charge in [-0.15, -0.1) is 11.3 Å². The van der Waals surface area contributed by atoms with Crippen molar-refractivity contribution in [1.82, 2.24) is 15.1 Å². The summed E-state index contributed by atoms with van der Waals surface area (Å²) >= 11 is 8.22. The van der Waals surface area contributed by atoms with Crippen LogP contribution in [-0.2, 0) is 6.54 Å². The van der Waals surface area contributed by atoms with E-state index in [-0.39, 0.29) is 11.9 Å². The Morgan fingerprint density at radius 1 is 1.25 bits per heavy atom. The molecular weight excluding hydrogens is 392 g/mol. The molecule has 0 spiro atoms. The van der Waals surface area contributed by atoms with Crippen molar-refractivity contribution in [2.75, 3.05) is 20.6 Å². The highest BCUT2D eigenvalue weighted by molar-refractivity contribution is 7.10. The summed E-state index contributed by atoms with van der Waals surface area (Å²) in [6.45, 7) is 4.95. The minimum atomic E-state index is -0.180. The Morgan fingerprint density at radius 2 is 1.96 bits per heavy atom. The van der Waals surface area contributed by atoms with Gasteiger partial charge < -0.3 is 10.2 Å². The zero-order chi connectivity index (χ0) is 20.3. The number of benzene rings is 1. The number of aryl methyl sites for hydroxylation is 2. The molecule has 0 unspecified atom stereocenters. The summed E-state index contributed by atoms with van der Waals surface area (Å²) in [5.41, 5.74) is 3.39. The van der Waals surface area contributed by atoms with Crippen LogP contribution in [0.2, 0.25) is 5.15 Å². The molecule has 3 aromatic rings. The predicted molar refractivity (Wildman–Crippen MR) is 114 cm³/mol. The number of carbonyl (C=O) groups is 1. The summed E-state index contributed by atoms with van der Waals surface area (Å²) in [5, 5.41) is 9.96. The van der Waals surface area contributed by atoms with Crippen LogP contribution in [0.4, 0.5) is 0 Å². The lowest BCUT2D eigenvalue weighted by Gasteiger charge is -2.20. The van der Waals surface area contributed by atoms with Gasteiger partial charge in [-0.25, -0.2) is 4.68 Å². The van der Waals surface area contributed by atoms with Gasteiger partial charge in [0, 0.05) is 0 Å². The van der Waals surface area contributed by atoms with Crippen molar-refractivity contribution in [1.29, 1.82) is 0 Å². The largest absolute Gasteiger partial charge is 0.345 e. The highest BCUT2D eigenvalue weighted by Crippen LogP contribution is 2.22. The molecule has 2 heterocycles. The zero-order valence-electron chi connectivity index (χ0n) is 16.6. The number of quaternary nitrogens is 1. The minimum Gasteiger partial charge on any atom is -0.345 e. The van der Waals surface area contributed by atoms with E-state index in [9.17, 15) is 4.79 Å². The van der Waals surface area contributed by atoms with Crippen LogP contribution < -0.4 is 10.2 Å². The van der Waals surface area contributed by atoms with Crippen molar-refractivity contribution in [2.24, 2.45) is 0 Å². The number of thiophene rings is 1. The van der Waals surface area contributed by atoms with Gasteiger partial charge in [-0.2, -0.15) is 5.10 Å². The second kappa shape index (κ2) is 8.90. The molecule has 0 radical (unpaired) electrons. The molecule has 0 fully saturated rings. The summed E-state index contributed by atoms with van der Waals surface area (Å²) < 4.78 is 1.68. The number of hydrogen-bond acceptors (Lipinski definition) is 3. The number of amides is 1. The lowest BCUT2D eigenvalue weighted by Crippen LogP contribution is -3.06. The van der Waals surface area contributed by atoms with Gasteiger partial charge in [0.15, 0.2) is 0 Å². The van der Waals surface area contributed by atoms with Gasteiger partial charge in [0.2, 0.25) is 0 Å². The monoisotopic (exact) mass is 417 g/mol. The summed E-state index contributed by atoms with van der Waals surface area (Å²) in [4.78, 5) is 15.4. The van der Waals surface area contributed by atoms with E-state index >= 15 is 0 Å². The quantitative estimate of drug-likeness (QED) is 0.621. The van der Waals surface area contributed by atoms with Crippen LogP contribution in [-0.4, -0.2) is 36.3 Å². The number of rotatable bonds is 7. The first-order valence-electron chi connectivity index (χ1n) is 9.27. The van der Waals surface area contributed by atoms with Crippen LogP contribution in [0.25, 0.3) is 0 Å². The maximum atomic E-state index is 12.8. The van der Waals surface area contributed by atoms with Gasteiger partial charge in [-0.3, -0.25) is 4.79 Å². The Labute approximate surface area is 174 Å². The lowest BCUT2D eigenvalue weighted by atomic mass is 10.1. The number of carbonyl (C=O) groups excluding carboxylic acids is 1. The standard InChI is InChI=1S/C21H25ClN4OS/c1-14-7-9-16(10-8-14)13-26-20(22)19(15(2)24-26)21(27)23-12-17(25(3)4)18-6-5-11-28-18/h5-11,17H,12-13H2,1-4H3,(H,23,27)/p+1/t17-/m0/s1. The molecule has 5 nitrogen and oxygen atoms in total. The van der Waals surface area contributed by atoms with E-state index in [0.717, 1.165) is 5.56 Å². The van der Waals surface area contributed by atoms with Gasteiger partial charge in [0.1, 0.15) is 11.2 Å². The Morgan fingerprint density at radius 3 is 2.57 bits per heavy atom. The van der Waals surface area contributed by atoms with E-state index in [1.807, 2.05) is 25.1 Å². The third kappa shape index (κ3) is 4.63. The molecule has 2 N–H and O–H groups in total. The number of likely N-dealkylation sites (N-methyl/N-ethyl adjacent to an activating group) is 1. The number of aromatic nitrogens is 2. The normalized spacial score (nSPS) is 12.4. The molecular formula is C21H26ClN4OS+. The van der Waals surface area contributed by atoms with E-state index in [0.29, 0.717) is 29.5 Å². The van der Waals surface area contributed by atoms with Crippen molar-refractivity contribution in [3.05, 3.63) is 74.2 Å². The highest BCUT2D eigenvalue weighted by atomic mass is 35.5. The molecule has 148 valence electrons. The highest BCUT2D eigenvalue weighted by Gasteiger charge is 2.24. The first-order chi connectivity index (χ1) is 13.4. The van der Waals surface area contributed by atoms with Crippen molar-refractivity contribution in [3.63, 3.8) is 0 Å². The molecule has 2 aromatic heterocycles. The molecule has 0 aliphatic rings. The van der Waals surface area contributed by atoms with Crippen molar-refractivity contribution >= 4 is 28.8 Å². The van der Waals surface area contributed by atoms with Gasteiger partial charge in [-0.1, -0.05) is 47.5 Å². The van der Waals surface area contributed by atoms with E-state index in [1.165, 1.54) is 15.3 Å². The third-order valence-corrected chi connectivity index (χ3v) is 6.17. The number of nitrogens with one attached hydrogen (secondary N) is 2. The van der Waals surface area contributed by atoms with Crippen LogP contribution in [0.15, 0.2) is 41.8 Å². The second-order valence-electron chi connectivity index (χ2n) is 7.25. The fourth-order valence-corrected chi connectivity index (χ4v) is 4.42. The average molecular weight is 418 g/mol. The Bertz CT molecular complexity index is 932. The first-order valence-corrected chi connectivity index (χ1v) is 10.5. The van der Waals surface area contributed by atoms with Crippen LogP contribution in [0, 0.1) is 13.8 Å². The fraction of sp³-hybridized carbons (Fsp3) is 0.333. The molecule has 0 saturated heterocycles. The van der Waals surface area contributed by atoms with Gasteiger partial charge in [0.05, 0.1) is 43.3 Å². The van der Waals surface area contributed by atoms with Crippen molar-refractivity contribution in [2.45, 2.75) is 26.4 Å². The van der Waals surface area contributed by atoms with Crippen LogP contribution in [0.1, 0.15) is 38.1 Å². The van der Waals surface area contributed by atoms with E-state index in [4.69, 9.17) is 11.6 Å². The average Bonchev–Trinajstić information content (AvgIpc) is 3.25. The second-order valence-corrected chi connectivity index (χ2v) is 8.59. The molecule has 28 heavy (non-hydrogen) atoms. The lowest BCUT2D eigenvalue weighted by molar-refractivity contribution is -0.890. The molecule has 0 saturated carbocycles. The summed E-state index contributed by atoms with van der Waals surface area (Å²) in [5.74, 6) is -0.180. The SMILES string of the molecule is Cc1ccc(Cn2nc(C)c(C(=O)NC[C@@H](c3cccs3)[NH+](C)C)c2Cl)cc1. The topological polar surface area (TPSA) is 51.4 Å². The Hall–Kier alpha value is -2.15. The zero-order valence-corrected chi connectivity index (χ0v) is 18.2. The van der Waals surface area contributed by atoms with Crippen LogP contribution in [0.3, 0.4) is 0 Å². The first kappa shape index (κ1) is 20.6. The minimum absolute atomic E-state index is 0.180. The number of hydrogen-bond donors (Lipinski definition) is 2. The van der Waals surface area contributed by atoms with E-state index in [2.05, 4.69) is 55.0 Å². The van der Waals surface area contributed by atoms with Gasteiger partial charge in [0.25, 0.3) is 5.91 Å². The van der Waals surface area contributed by atoms with Crippen molar-refractivity contribution < 1.29 is 9.69 Å². The number of nitrogens with zero attached hydrogens (tertiary/aromatic N) is 2. The van der Waals surface area contributed by atoms with Crippen LogP contribution in [0.5, 0.6) is 0 Å². The van der Waals surface area contributed by atoms with E-state index < -0.39 is 0 Å². The van der Waals surface area contributed by atoms with Gasteiger partial charge >= 0.3 is 0 Å². The molecule has 3 rings (SSSR count). The Balaban J connectivity index is 1.73.